The van der Waals surface area contributed by atoms with Crippen LogP contribution in [0.25, 0.3) is 0 Å². The van der Waals surface area contributed by atoms with Crippen molar-refractivity contribution in [2.75, 3.05) is 31.1 Å². The van der Waals surface area contributed by atoms with Gasteiger partial charge < -0.3 is 14.8 Å². The molecule has 18 heavy (non-hydrogen) atoms. The number of hydrogen-bond acceptors (Lipinski definition) is 3. The van der Waals surface area contributed by atoms with E-state index in [1.165, 1.54) is 51.3 Å². The maximum absolute atomic E-state index is 4.56. The van der Waals surface area contributed by atoms with Gasteiger partial charge in [-0.05, 0) is 44.7 Å². The van der Waals surface area contributed by atoms with Crippen LogP contribution in [0.1, 0.15) is 38.6 Å². The van der Waals surface area contributed by atoms with E-state index >= 15 is 0 Å². The predicted octanol–water partition coefficient (Wildman–Crippen LogP) is 2.04. The van der Waals surface area contributed by atoms with Crippen LogP contribution in [0, 0.1) is 5.92 Å². The molecule has 2 fully saturated rings. The van der Waals surface area contributed by atoms with Gasteiger partial charge in [-0.15, -0.1) is 0 Å². The Morgan fingerprint density at radius 1 is 1.28 bits per heavy atom. The Hall–Kier alpha value is -1.03. The summed E-state index contributed by atoms with van der Waals surface area (Å²) in [5.74, 6) is 2.06. The van der Waals surface area contributed by atoms with Crippen LogP contribution < -0.4 is 10.2 Å². The summed E-state index contributed by atoms with van der Waals surface area (Å²) < 4.78 is 2.38. The van der Waals surface area contributed by atoms with Crippen LogP contribution in [-0.4, -0.2) is 35.7 Å². The molecule has 0 amide bonds. The van der Waals surface area contributed by atoms with Gasteiger partial charge in [-0.1, -0.05) is 6.92 Å². The average Bonchev–Trinajstić information content (AvgIpc) is 3.15. The molecule has 100 valence electrons. The van der Waals surface area contributed by atoms with Crippen molar-refractivity contribution >= 4 is 5.95 Å². The van der Waals surface area contributed by atoms with Gasteiger partial charge in [-0.3, -0.25) is 0 Å². The predicted molar refractivity (Wildman–Crippen MR) is 74.0 cm³/mol. The second-order valence-corrected chi connectivity index (χ2v) is 5.60. The summed E-state index contributed by atoms with van der Waals surface area (Å²) >= 11 is 0. The number of aromatic nitrogens is 2. The van der Waals surface area contributed by atoms with Crippen LogP contribution in [0.15, 0.2) is 12.4 Å². The molecule has 0 bridgehead atoms. The molecule has 0 unspecified atom stereocenters. The van der Waals surface area contributed by atoms with Crippen LogP contribution in [-0.2, 0) is 0 Å². The topological polar surface area (TPSA) is 33.1 Å². The first-order valence-electron chi connectivity index (χ1n) is 7.37. The molecular weight excluding hydrogens is 224 g/mol. The third-order valence-corrected chi connectivity index (χ3v) is 4.17. The fourth-order valence-corrected chi connectivity index (χ4v) is 2.87. The highest BCUT2D eigenvalue weighted by Gasteiger charge is 2.28. The Balaban J connectivity index is 1.57. The number of piperidine rings is 1. The molecule has 2 aliphatic rings. The Morgan fingerprint density at radius 2 is 2.06 bits per heavy atom. The summed E-state index contributed by atoms with van der Waals surface area (Å²) in [6.45, 7) is 6.79. The molecule has 1 aromatic heterocycles. The second-order valence-electron chi connectivity index (χ2n) is 5.60. The van der Waals surface area contributed by atoms with Crippen molar-refractivity contribution in [3.8, 4) is 0 Å². The fraction of sp³-hybridized carbons (Fsp3) is 0.786. The smallest absolute Gasteiger partial charge is 0.205 e. The first-order valence-corrected chi connectivity index (χ1v) is 7.37. The summed E-state index contributed by atoms with van der Waals surface area (Å²) in [6, 6.07) is 0.738. The SMILES string of the molecule is CCNCC1CCN(c2nccn2C2CC2)CC1. The lowest BCUT2D eigenvalue weighted by molar-refractivity contribution is 0.382. The van der Waals surface area contributed by atoms with Gasteiger partial charge in [0.05, 0.1) is 0 Å². The highest BCUT2D eigenvalue weighted by Crippen LogP contribution is 2.38. The average molecular weight is 248 g/mol. The van der Waals surface area contributed by atoms with Crippen molar-refractivity contribution in [2.24, 2.45) is 5.92 Å². The van der Waals surface area contributed by atoms with Crippen molar-refractivity contribution in [1.29, 1.82) is 0 Å². The standard InChI is InChI=1S/C14H24N4/c1-2-15-11-12-5-8-17(9-6-12)14-16-7-10-18(14)13-3-4-13/h7,10,12-13,15H,2-6,8-9,11H2,1H3. The molecule has 1 saturated heterocycles. The Bertz CT molecular complexity index is 375. The number of nitrogens with zero attached hydrogens (tertiary/aromatic N) is 3. The van der Waals surface area contributed by atoms with E-state index in [1.54, 1.807) is 0 Å². The Morgan fingerprint density at radius 3 is 2.72 bits per heavy atom. The molecular formula is C14H24N4. The fourth-order valence-electron chi connectivity index (χ4n) is 2.87. The number of nitrogens with one attached hydrogen (secondary N) is 1. The molecule has 1 aromatic rings. The van der Waals surface area contributed by atoms with E-state index in [0.29, 0.717) is 0 Å². The van der Waals surface area contributed by atoms with Gasteiger partial charge in [0.1, 0.15) is 0 Å². The third kappa shape index (κ3) is 2.53. The number of imidazole rings is 1. The van der Waals surface area contributed by atoms with E-state index in [9.17, 15) is 0 Å². The van der Waals surface area contributed by atoms with E-state index in [1.807, 2.05) is 6.20 Å². The van der Waals surface area contributed by atoms with Crippen molar-refractivity contribution in [3.63, 3.8) is 0 Å². The zero-order chi connectivity index (χ0) is 12.4. The minimum absolute atomic E-state index is 0.738. The lowest BCUT2D eigenvalue weighted by Gasteiger charge is -2.33. The van der Waals surface area contributed by atoms with Crippen molar-refractivity contribution < 1.29 is 0 Å². The highest BCUT2D eigenvalue weighted by molar-refractivity contribution is 5.33. The second kappa shape index (κ2) is 5.31. The molecule has 1 aliphatic carbocycles. The zero-order valence-electron chi connectivity index (χ0n) is 11.3. The van der Waals surface area contributed by atoms with Gasteiger partial charge in [0.25, 0.3) is 0 Å². The summed E-state index contributed by atoms with van der Waals surface area (Å²) in [6.07, 6.45) is 9.37. The van der Waals surface area contributed by atoms with Crippen molar-refractivity contribution in [1.82, 2.24) is 14.9 Å². The normalized spacial score (nSPS) is 21.5. The zero-order valence-corrected chi connectivity index (χ0v) is 11.3. The van der Waals surface area contributed by atoms with E-state index in [-0.39, 0.29) is 0 Å². The van der Waals surface area contributed by atoms with Crippen LogP contribution in [0.3, 0.4) is 0 Å². The molecule has 4 nitrogen and oxygen atoms in total. The Labute approximate surface area is 109 Å². The maximum Gasteiger partial charge on any atom is 0.205 e. The van der Waals surface area contributed by atoms with Crippen LogP contribution >= 0.6 is 0 Å². The lowest BCUT2D eigenvalue weighted by Crippen LogP contribution is -2.38. The van der Waals surface area contributed by atoms with E-state index in [0.717, 1.165) is 18.5 Å². The quantitative estimate of drug-likeness (QED) is 0.865. The first kappa shape index (κ1) is 12.0. The third-order valence-electron chi connectivity index (χ3n) is 4.17. The molecule has 2 heterocycles. The van der Waals surface area contributed by atoms with Gasteiger partial charge in [-0.2, -0.15) is 0 Å². The minimum atomic E-state index is 0.738. The van der Waals surface area contributed by atoms with Gasteiger partial charge >= 0.3 is 0 Å². The molecule has 1 saturated carbocycles. The summed E-state index contributed by atoms with van der Waals surface area (Å²) in [5.41, 5.74) is 0. The van der Waals surface area contributed by atoms with E-state index in [4.69, 9.17) is 0 Å². The summed E-state index contributed by atoms with van der Waals surface area (Å²) in [5, 5.41) is 3.47. The molecule has 0 aromatic carbocycles. The maximum atomic E-state index is 4.56. The first-order chi connectivity index (χ1) is 8.88. The van der Waals surface area contributed by atoms with Gasteiger partial charge in [0.15, 0.2) is 0 Å². The number of anilines is 1. The monoisotopic (exact) mass is 248 g/mol. The highest BCUT2D eigenvalue weighted by atomic mass is 15.3. The molecule has 0 atom stereocenters. The van der Waals surface area contributed by atoms with Gasteiger partial charge in [-0.25, -0.2) is 4.98 Å². The van der Waals surface area contributed by atoms with Gasteiger partial charge in [0.2, 0.25) is 5.95 Å². The number of rotatable bonds is 5. The Kier molecular flexibility index (Phi) is 3.55. The van der Waals surface area contributed by atoms with Crippen LogP contribution in [0.5, 0.6) is 0 Å². The van der Waals surface area contributed by atoms with Gasteiger partial charge in [0, 0.05) is 31.5 Å². The molecule has 1 N–H and O–H groups in total. The number of hydrogen-bond donors (Lipinski definition) is 1. The largest absolute Gasteiger partial charge is 0.342 e. The molecule has 0 spiro atoms. The molecule has 4 heteroatoms. The van der Waals surface area contributed by atoms with E-state index in [2.05, 4.69) is 32.9 Å². The summed E-state index contributed by atoms with van der Waals surface area (Å²) in [4.78, 5) is 7.03. The molecule has 3 rings (SSSR count). The van der Waals surface area contributed by atoms with Crippen LogP contribution in [0.2, 0.25) is 0 Å². The van der Waals surface area contributed by atoms with E-state index < -0.39 is 0 Å². The lowest BCUT2D eigenvalue weighted by atomic mass is 9.97. The van der Waals surface area contributed by atoms with Crippen molar-refractivity contribution in [3.05, 3.63) is 12.4 Å². The minimum Gasteiger partial charge on any atom is -0.342 e. The molecule has 0 radical (unpaired) electrons. The molecule has 1 aliphatic heterocycles. The van der Waals surface area contributed by atoms with Crippen molar-refractivity contribution in [2.45, 2.75) is 38.6 Å². The summed E-state index contributed by atoms with van der Waals surface area (Å²) in [7, 11) is 0. The van der Waals surface area contributed by atoms with Crippen LogP contribution in [0.4, 0.5) is 5.95 Å².